The van der Waals surface area contributed by atoms with Gasteiger partial charge in [0, 0.05) is 24.7 Å². The quantitative estimate of drug-likeness (QED) is 0.594. The summed E-state index contributed by atoms with van der Waals surface area (Å²) in [4.78, 5) is 14.9. The zero-order valence-corrected chi connectivity index (χ0v) is 20.0. The van der Waals surface area contributed by atoms with Gasteiger partial charge < -0.3 is 10.2 Å². The van der Waals surface area contributed by atoms with Gasteiger partial charge in [-0.05, 0) is 63.3 Å². The number of benzene rings is 1. The maximum atomic E-state index is 12.7. The molecule has 0 saturated carbocycles. The third-order valence-electron chi connectivity index (χ3n) is 6.17. The monoisotopic (exact) mass is 454 g/mol. The van der Waals surface area contributed by atoms with E-state index in [4.69, 9.17) is 16.7 Å². The van der Waals surface area contributed by atoms with Crippen molar-refractivity contribution < 1.29 is 4.79 Å². The minimum atomic E-state index is -0.0477. The zero-order chi connectivity index (χ0) is 22.8. The van der Waals surface area contributed by atoms with Gasteiger partial charge in [-0.25, -0.2) is 4.68 Å². The maximum Gasteiger partial charge on any atom is 0.224 e. The van der Waals surface area contributed by atoms with Crippen LogP contribution >= 0.6 is 11.6 Å². The Morgan fingerprint density at radius 3 is 2.69 bits per heavy atom. The van der Waals surface area contributed by atoms with Gasteiger partial charge in [-0.15, -0.1) is 5.10 Å². The molecule has 0 spiro atoms. The Kier molecular flexibility index (Phi) is 6.65. The number of rotatable bonds is 6. The molecule has 0 unspecified atom stereocenters. The van der Waals surface area contributed by atoms with E-state index < -0.39 is 0 Å². The SMILES string of the molecule is Cc1nnc(N2CCC[C@H](C(=O)NCCC(C)C)C2)c2nn(-c3ccc(Cl)cc3)c(C)c12. The first kappa shape index (κ1) is 22.5. The number of carbonyl (C=O) groups excluding carboxylic acids is 1. The summed E-state index contributed by atoms with van der Waals surface area (Å²) in [6.45, 7) is 10.5. The molecule has 7 nitrogen and oxygen atoms in total. The average molecular weight is 455 g/mol. The molecule has 1 saturated heterocycles. The average Bonchev–Trinajstić information content (AvgIpc) is 3.12. The second-order valence-corrected chi connectivity index (χ2v) is 9.50. The van der Waals surface area contributed by atoms with E-state index in [1.165, 1.54) is 0 Å². The van der Waals surface area contributed by atoms with Crippen molar-refractivity contribution in [1.82, 2.24) is 25.3 Å². The van der Waals surface area contributed by atoms with Crippen LogP contribution in [0, 0.1) is 25.7 Å². The van der Waals surface area contributed by atoms with E-state index in [1.807, 2.05) is 42.8 Å². The van der Waals surface area contributed by atoms with Gasteiger partial charge in [-0.3, -0.25) is 4.79 Å². The summed E-state index contributed by atoms with van der Waals surface area (Å²) in [6, 6.07) is 7.63. The van der Waals surface area contributed by atoms with Gasteiger partial charge in [0.15, 0.2) is 5.82 Å². The number of carbonyl (C=O) groups is 1. The first-order valence-electron chi connectivity index (χ1n) is 11.4. The van der Waals surface area contributed by atoms with Crippen LogP contribution < -0.4 is 10.2 Å². The molecule has 1 aliphatic rings. The van der Waals surface area contributed by atoms with Crippen LogP contribution in [0.2, 0.25) is 5.02 Å². The van der Waals surface area contributed by atoms with Crippen molar-refractivity contribution in [3.63, 3.8) is 0 Å². The fourth-order valence-corrected chi connectivity index (χ4v) is 4.50. The van der Waals surface area contributed by atoms with Crippen LogP contribution in [0.1, 0.15) is 44.5 Å². The van der Waals surface area contributed by atoms with Crippen molar-refractivity contribution in [1.29, 1.82) is 0 Å². The molecule has 0 radical (unpaired) electrons. The molecule has 1 aromatic carbocycles. The van der Waals surface area contributed by atoms with E-state index in [9.17, 15) is 4.79 Å². The summed E-state index contributed by atoms with van der Waals surface area (Å²) in [6.07, 6.45) is 2.83. The van der Waals surface area contributed by atoms with Gasteiger partial charge >= 0.3 is 0 Å². The summed E-state index contributed by atoms with van der Waals surface area (Å²) in [5.74, 6) is 1.41. The third kappa shape index (κ3) is 4.58. The first-order chi connectivity index (χ1) is 15.3. The van der Waals surface area contributed by atoms with Crippen LogP contribution in [0.5, 0.6) is 0 Å². The predicted octanol–water partition coefficient (Wildman–Crippen LogP) is 4.46. The van der Waals surface area contributed by atoms with Crippen LogP contribution in [-0.4, -0.2) is 45.5 Å². The van der Waals surface area contributed by atoms with Crippen molar-refractivity contribution in [2.24, 2.45) is 11.8 Å². The third-order valence-corrected chi connectivity index (χ3v) is 6.42. The molecule has 32 heavy (non-hydrogen) atoms. The summed E-state index contributed by atoms with van der Waals surface area (Å²) in [5, 5.41) is 18.7. The van der Waals surface area contributed by atoms with Gasteiger partial charge in [-0.2, -0.15) is 10.2 Å². The van der Waals surface area contributed by atoms with Crippen molar-refractivity contribution in [2.45, 2.75) is 47.0 Å². The summed E-state index contributed by atoms with van der Waals surface area (Å²) in [7, 11) is 0. The molecule has 1 aliphatic heterocycles. The van der Waals surface area contributed by atoms with Crippen molar-refractivity contribution in [2.75, 3.05) is 24.5 Å². The van der Waals surface area contributed by atoms with E-state index in [-0.39, 0.29) is 11.8 Å². The molecule has 170 valence electrons. The second kappa shape index (κ2) is 9.45. The van der Waals surface area contributed by atoms with E-state index in [0.29, 0.717) is 17.5 Å². The molecule has 0 bridgehead atoms. The lowest BCUT2D eigenvalue weighted by Crippen LogP contribution is -2.43. The molecule has 1 atom stereocenters. The number of amides is 1. The number of aromatic nitrogens is 4. The number of nitrogens with zero attached hydrogens (tertiary/aromatic N) is 5. The van der Waals surface area contributed by atoms with Crippen molar-refractivity contribution in [3.8, 4) is 5.69 Å². The van der Waals surface area contributed by atoms with E-state index >= 15 is 0 Å². The highest BCUT2D eigenvalue weighted by atomic mass is 35.5. The zero-order valence-electron chi connectivity index (χ0n) is 19.2. The molecule has 8 heteroatoms. The molecule has 1 fully saturated rings. The molecule has 2 aromatic heterocycles. The number of aryl methyl sites for hydroxylation is 2. The summed E-state index contributed by atoms with van der Waals surface area (Å²) >= 11 is 6.07. The van der Waals surface area contributed by atoms with Crippen LogP contribution in [0.4, 0.5) is 5.82 Å². The molecule has 1 amide bonds. The minimum absolute atomic E-state index is 0.0477. The summed E-state index contributed by atoms with van der Waals surface area (Å²) in [5.41, 5.74) is 3.62. The van der Waals surface area contributed by atoms with Gasteiger partial charge in [0.2, 0.25) is 5.91 Å². The highest BCUT2D eigenvalue weighted by molar-refractivity contribution is 6.30. The van der Waals surface area contributed by atoms with Crippen LogP contribution in [-0.2, 0) is 4.79 Å². The normalized spacial score (nSPS) is 16.7. The predicted molar refractivity (Wildman–Crippen MR) is 129 cm³/mol. The maximum absolute atomic E-state index is 12.7. The molecule has 3 aromatic rings. The van der Waals surface area contributed by atoms with Gasteiger partial charge in [0.05, 0.1) is 28.4 Å². The standard InChI is InChI=1S/C24H31ClN6O/c1-15(2)11-12-26-24(32)18-6-5-13-30(14-18)23-22-21(16(3)27-28-23)17(4)31(29-22)20-9-7-19(25)8-10-20/h7-10,15,18H,5-6,11-14H2,1-4H3,(H,26,32)/t18-/m0/s1. The van der Waals surface area contributed by atoms with Crippen LogP contribution in [0.15, 0.2) is 24.3 Å². The minimum Gasteiger partial charge on any atom is -0.356 e. The number of piperidine rings is 1. The molecule has 0 aliphatic carbocycles. The van der Waals surface area contributed by atoms with Crippen LogP contribution in [0.3, 0.4) is 0 Å². The first-order valence-corrected chi connectivity index (χ1v) is 11.7. The number of nitrogens with one attached hydrogen (secondary N) is 1. The Bertz CT molecular complexity index is 1110. The van der Waals surface area contributed by atoms with E-state index in [2.05, 4.69) is 34.3 Å². The number of hydrogen-bond donors (Lipinski definition) is 1. The van der Waals surface area contributed by atoms with E-state index in [1.54, 1.807) is 0 Å². The lowest BCUT2D eigenvalue weighted by atomic mass is 9.96. The molecule has 1 N–H and O–H groups in total. The number of hydrogen-bond acceptors (Lipinski definition) is 5. The number of fused-ring (bicyclic) bond motifs is 1. The number of anilines is 1. The lowest BCUT2D eigenvalue weighted by molar-refractivity contribution is -0.125. The van der Waals surface area contributed by atoms with Gasteiger partial charge in [0.25, 0.3) is 0 Å². The molecular weight excluding hydrogens is 424 g/mol. The van der Waals surface area contributed by atoms with Crippen molar-refractivity contribution in [3.05, 3.63) is 40.7 Å². The van der Waals surface area contributed by atoms with E-state index in [0.717, 1.165) is 66.1 Å². The molecule has 3 heterocycles. The van der Waals surface area contributed by atoms with Crippen LogP contribution in [0.25, 0.3) is 16.6 Å². The Morgan fingerprint density at radius 2 is 1.97 bits per heavy atom. The fraction of sp³-hybridized carbons (Fsp3) is 0.500. The largest absolute Gasteiger partial charge is 0.356 e. The highest BCUT2D eigenvalue weighted by Gasteiger charge is 2.29. The highest BCUT2D eigenvalue weighted by Crippen LogP contribution is 2.31. The molecule has 4 rings (SSSR count). The second-order valence-electron chi connectivity index (χ2n) is 9.06. The Balaban J connectivity index is 1.62. The topological polar surface area (TPSA) is 75.9 Å². The van der Waals surface area contributed by atoms with Gasteiger partial charge in [-0.1, -0.05) is 25.4 Å². The molecular formula is C24H31ClN6O. The Morgan fingerprint density at radius 1 is 1.22 bits per heavy atom. The lowest BCUT2D eigenvalue weighted by Gasteiger charge is -2.32. The summed E-state index contributed by atoms with van der Waals surface area (Å²) < 4.78 is 1.92. The smallest absolute Gasteiger partial charge is 0.224 e. The fourth-order valence-electron chi connectivity index (χ4n) is 4.37. The number of halogens is 1. The Labute approximate surface area is 194 Å². The Hall–Kier alpha value is -2.67. The van der Waals surface area contributed by atoms with Crippen molar-refractivity contribution >= 4 is 34.2 Å². The van der Waals surface area contributed by atoms with Gasteiger partial charge in [0.1, 0.15) is 5.52 Å².